The zero-order valence-corrected chi connectivity index (χ0v) is 12.7. The van der Waals surface area contributed by atoms with Gasteiger partial charge in [-0.3, -0.25) is 4.79 Å². The fourth-order valence-electron chi connectivity index (χ4n) is 2.27. The van der Waals surface area contributed by atoms with E-state index in [4.69, 9.17) is 0 Å². The Morgan fingerprint density at radius 3 is 2.62 bits per heavy atom. The normalized spacial score (nSPS) is 12.1. The topological polar surface area (TPSA) is 57.8 Å². The maximum atomic E-state index is 12.0. The van der Waals surface area contributed by atoms with Gasteiger partial charge < -0.3 is 10.3 Å². The van der Waals surface area contributed by atoms with Crippen molar-refractivity contribution in [3.05, 3.63) is 53.6 Å². The Balaban J connectivity index is 1.84. The van der Waals surface area contributed by atoms with Gasteiger partial charge in [-0.15, -0.1) is 0 Å². The summed E-state index contributed by atoms with van der Waals surface area (Å²) < 4.78 is 0. The van der Waals surface area contributed by atoms with Gasteiger partial charge in [-0.2, -0.15) is 0 Å². The Labute approximate surface area is 126 Å². The fourth-order valence-corrected chi connectivity index (χ4v) is 2.27. The molecule has 0 aliphatic rings. The molecule has 4 nitrogen and oxygen atoms in total. The minimum Gasteiger partial charge on any atom is -0.347 e. The van der Waals surface area contributed by atoms with Crippen LogP contribution in [0.15, 0.2) is 36.7 Å². The number of imidazole rings is 1. The van der Waals surface area contributed by atoms with Crippen molar-refractivity contribution in [1.82, 2.24) is 15.3 Å². The summed E-state index contributed by atoms with van der Waals surface area (Å²) in [4.78, 5) is 19.2. The summed E-state index contributed by atoms with van der Waals surface area (Å²) in [6.45, 7) is 4.11. The Morgan fingerprint density at radius 1 is 1.29 bits per heavy atom. The lowest BCUT2D eigenvalue weighted by atomic mass is 10.0. The maximum Gasteiger partial charge on any atom is 0.224 e. The van der Waals surface area contributed by atoms with Crippen LogP contribution in [0.4, 0.5) is 0 Å². The lowest BCUT2D eigenvalue weighted by molar-refractivity contribution is -0.121. The smallest absolute Gasteiger partial charge is 0.224 e. The highest BCUT2D eigenvalue weighted by molar-refractivity contribution is 5.78. The van der Waals surface area contributed by atoms with Crippen molar-refractivity contribution in [2.24, 2.45) is 0 Å². The van der Waals surface area contributed by atoms with E-state index in [9.17, 15) is 4.79 Å². The monoisotopic (exact) mass is 285 g/mol. The molecule has 2 rings (SSSR count). The van der Waals surface area contributed by atoms with E-state index >= 15 is 0 Å². The molecule has 0 aliphatic carbocycles. The molecule has 0 aliphatic heterocycles. The molecular formula is C17H23N3O. The molecule has 1 aromatic carbocycles. The number of hydrogen-bond acceptors (Lipinski definition) is 2. The number of H-pyrrole nitrogens is 1. The van der Waals surface area contributed by atoms with Crippen LogP contribution in [0.5, 0.6) is 0 Å². The van der Waals surface area contributed by atoms with Crippen molar-refractivity contribution < 1.29 is 4.79 Å². The van der Waals surface area contributed by atoms with E-state index in [0.717, 1.165) is 17.8 Å². The Morgan fingerprint density at radius 2 is 2.00 bits per heavy atom. The molecular weight excluding hydrogens is 262 g/mol. The standard InChI is InChI=1S/C17H23N3O/c1-3-4-5-14-6-8-15(9-7-14)12-16(21)20-13(2)17-18-10-11-19-17/h6-11,13H,3-5,12H2,1-2H3,(H,18,19)(H,20,21). The molecule has 1 heterocycles. The summed E-state index contributed by atoms with van der Waals surface area (Å²) >= 11 is 0. The molecule has 21 heavy (non-hydrogen) atoms. The number of hydrogen-bond donors (Lipinski definition) is 2. The number of benzene rings is 1. The van der Waals surface area contributed by atoms with E-state index in [0.29, 0.717) is 6.42 Å². The van der Waals surface area contributed by atoms with Crippen molar-refractivity contribution in [1.29, 1.82) is 0 Å². The van der Waals surface area contributed by atoms with Gasteiger partial charge in [-0.1, -0.05) is 37.6 Å². The van der Waals surface area contributed by atoms with Crippen molar-refractivity contribution in [3.63, 3.8) is 0 Å². The minimum absolute atomic E-state index is 0.0141. The van der Waals surface area contributed by atoms with Gasteiger partial charge in [0.1, 0.15) is 5.82 Å². The predicted octanol–water partition coefficient (Wildman–Crippen LogP) is 3.17. The summed E-state index contributed by atoms with van der Waals surface area (Å²) in [6, 6.07) is 8.23. The number of carbonyl (C=O) groups excluding carboxylic acids is 1. The van der Waals surface area contributed by atoms with Gasteiger partial charge in [0.15, 0.2) is 0 Å². The second-order valence-electron chi connectivity index (χ2n) is 5.36. The number of amides is 1. The molecule has 0 fully saturated rings. The molecule has 0 radical (unpaired) electrons. The zero-order chi connectivity index (χ0) is 15.1. The molecule has 1 unspecified atom stereocenters. The van der Waals surface area contributed by atoms with Gasteiger partial charge in [-0.25, -0.2) is 4.98 Å². The zero-order valence-electron chi connectivity index (χ0n) is 12.7. The predicted molar refractivity (Wildman–Crippen MR) is 83.9 cm³/mol. The van der Waals surface area contributed by atoms with Crippen LogP contribution in [0.3, 0.4) is 0 Å². The number of nitrogens with one attached hydrogen (secondary N) is 2. The molecule has 2 N–H and O–H groups in total. The van der Waals surface area contributed by atoms with Gasteiger partial charge in [-0.05, 0) is 30.9 Å². The van der Waals surface area contributed by atoms with Gasteiger partial charge in [0.25, 0.3) is 0 Å². The molecule has 0 bridgehead atoms. The highest BCUT2D eigenvalue weighted by Crippen LogP contribution is 2.10. The van der Waals surface area contributed by atoms with Crippen molar-refractivity contribution in [2.75, 3.05) is 0 Å². The molecule has 1 amide bonds. The molecule has 0 spiro atoms. The molecule has 2 aromatic rings. The average molecular weight is 285 g/mol. The molecule has 4 heteroatoms. The number of aromatic nitrogens is 2. The fraction of sp³-hybridized carbons (Fsp3) is 0.412. The Bertz CT molecular complexity index is 546. The molecule has 1 aromatic heterocycles. The van der Waals surface area contributed by atoms with E-state index in [1.807, 2.05) is 19.1 Å². The van der Waals surface area contributed by atoms with Crippen LogP contribution in [0.25, 0.3) is 0 Å². The first-order valence-electron chi connectivity index (χ1n) is 7.55. The van der Waals surface area contributed by atoms with Crippen molar-refractivity contribution >= 4 is 5.91 Å². The van der Waals surface area contributed by atoms with Crippen LogP contribution in [-0.2, 0) is 17.6 Å². The lowest BCUT2D eigenvalue weighted by Gasteiger charge is -2.11. The minimum atomic E-state index is -0.101. The summed E-state index contributed by atoms with van der Waals surface area (Å²) in [5, 5.41) is 2.95. The largest absolute Gasteiger partial charge is 0.347 e. The van der Waals surface area contributed by atoms with Crippen LogP contribution < -0.4 is 5.32 Å². The summed E-state index contributed by atoms with van der Waals surface area (Å²) in [5.41, 5.74) is 2.38. The van der Waals surface area contributed by atoms with Crippen LogP contribution in [0.2, 0.25) is 0 Å². The number of carbonyl (C=O) groups is 1. The summed E-state index contributed by atoms with van der Waals surface area (Å²) in [6.07, 6.45) is 7.37. The average Bonchev–Trinajstić information content (AvgIpc) is 3.01. The third kappa shape index (κ3) is 4.74. The van der Waals surface area contributed by atoms with Gasteiger partial charge in [0, 0.05) is 12.4 Å². The maximum absolute atomic E-state index is 12.0. The van der Waals surface area contributed by atoms with Gasteiger partial charge in [0.05, 0.1) is 12.5 Å². The van der Waals surface area contributed by atoms with E-state index in [-0.39, 0.29) is 11.9 Å². The van der Waals surface area contributed by atoms with Crippen LogP contribution in [-0.4, -0.2) is 15.9 Å². The quantitative estimate of drug-likeness (QED) is 0.821. The SMILES string of the molecule is CCCCc1ccc(CC(=O)NC(C)c2ncc[nH]2)cc1. The number of rotatable bonds is 7. The Hall–Kier alpha value is -2.10. The second-order valence-corrected chi connectivity index (χ2v) is 5.36. The van der Waals surface area contributed by atoms with Crippen molar-refractivity contribution in [2.45, 2.75) is 45.6 Å². The van der Waals surface area contributed by atoms with Gasteiger partial charge in [0.2, 0.25) is 5.91 Å². The van der Waals surface area contributed by atoms with Crippen LogP contribution in [0.1, 0.15) is 49.7 Å². The lowest BCUT2D eigenvalue weighted by Crippen LogP contribution is -2.28. The number of aromatic amines is 1. The third-order valence-electron chi connectivity index (χ3n) is 3.51. The third-order valence-corrected chi connectivity index (χ3v) is 3.51. The highest BCUT2D eigenvalue weighted by Gasteiger charge is 2.11. The number of unbranched alkanes of at least 4 members (excludes halogenated alkanes) is 1. The van der Waals surface area contributed by atoms with E-state index in [1.165, 1.54) is 18.4 Å². The molecule has 0 saturated heterocycles. The van der Waals surface area contributed by atoms with Crippen LogP contribution in [0, 0.1) is 0 Å². The van der Waals surface area contributed by atoms with Crippen molar-refractivity contribution in [3.8, 4) is 0 Å². The van der Waals surface area contributed by atoms with E-state index in [2.05, 4.69) is 34.3 Å². The summed E-state index contributed by atoms with van der Waals surface area (Å²) in [5.74, 6) is 0.790. The first kappa shape index (κ1) is 15.3. The molecule has 1 atom stereocenters. The van der Waals surface area contributed by atoms with E-state index in [1.54, 1.807) is 12.4 Å². The number of nitrogens with zero attached hydrogens (tertiary/aromatic N) is 1. The van der Waals surface area contributed by atoms with Gasteiger partial charge >= 0.3 is 0 Å². The second kappa shape index (κ2) is 7.62. The first-order valence-corrected chi connectivity index (χ1v) is 7.55. The van der Waals surface area contributed by atoms with E-state index < -0.39 is 0 Å². The van der Waals surface area contributed by atoms with Crippen LogP contribution >= 0.6 is 0 Å². The summed E-state index contributed by atoms with van der Waals surface area (Å²) in [7, 11) is 0. The highest BCUT2D eigenvalue weighted by atomic mass is 16.1. The first-order chi connectivity index (χ1) is 10.2. The molecule has 112 valence electrons. The Kier molecular flexibility index (Phi) is 5.55. The number of aryl methyl sites for hydroxylation is 1. The molecule has 0 saturated carbocycles.